The summed E-state index contributed by atoms with van der Waals surface area (Å²) in [4.78, 5) is 23.4. The van der Waals surface area contributed by atoms with Crippen molar-refractivity contribution in [2.75, 3.05) is 26.4 Å². The van der Waals surface area contributed by atoms with E-state index in [4.69, 9.17) is 26.8 Å². The highest BCUT2D eigenvalue weighted by Gasteiger charge is 2.35. The quantitative estimate of drug-likeness (QED) is 0.744. The van der Waals surface area contributed by atoms with Crippen LogP contribution < -0.4 is 15.8 Å². The Bertz CT molecular complexity index is 833. The summed E-state index contributed by atoms with van der Waals surface area (Å²) in [5, 5.41) is 3.65. The van der Waals surface area contributed by atoms with E-state index in [2.05, 4.69) is 5.32 Å². The van der Waals surface area contributed by atoms with Gasteiger partial charge in [0.05, 0.1) is 0 Å². The number of benzene rings is 2. The van der Waals surface area contributed by atoms with E-state index in [0.29, 0.717) is 36.1 Å². The Balaban J connectivity index is 1.58. The summed E-state index contributed by atoms with van der Waals surface area (Å²) in [6.07, 6.45) is 1.62. The summed E-state index contributed by atoms with van der Waals surface area (Å²) < 4.78 is 11.0. The second kappa shape index (κ2) is 9.08. The van der Waals surface area contributed by atoms with Gasteiger partial charge in [0.1, 0.15) is 5.75 Å². The number of nitrogens with two attached hydrogens (primary N) is 1. The lowest BCUT2D eigenvalue weighted by atomic mass is 9.74. The molecule has 7 heteroatoms. The smallest absolute Gasteiger partial charge is 0.257 e. The fourth-order valence-electron chi connectivity index (χ4n) is 3.33. The number of primary amides is 1. The summed E-state index contributed by atoms with van der Waals surface area (Å²) in [5.41, 5.74) is 6.49. The number of halogens is 1. The monoisotopic (exact) mass is 402 g/mol. The van der Waals surface area contributed by atoms with Crippen molar-refractivity contribution in [1.82, 2.24) is 5.32 Å². The van der Waals surface area contributed by atoms with Gasteiger partial charge in [-0.2, -0.15) is 0 Å². The van der Waals surface area contributed by atoms with Crippen LogP contribution >= 0.6 is 11.6 Å². The van der Waals surface area contributed by atoms with Gasteiger partial charge in [0, 0.05) is 35.8 Å². The minimum absolute atomic E-state index is 0.113. The SMILES string of the molecule is NC(=O)c1ccc(OCC(=O)NCC2(c3cccc(Cl)c3)CCOCC2)cc1. The minimum Gasteiger partial charge on any atom is -0.484 e. The van der Waals surface area contributed by atoms with Gasteiger partial charge in [-0.05, 0) is 54.8 Å². The maximum absolute atomic E-state index is 12.3. The summed E-state index contributed by atoms with van der Waals surface area (Å²) in [6, 6.07) is 14.1. The van der Waals surface area contributed by atoms with Gasteiger partial charge in [0.25, 0.3) is 5.91 Å². The standard InChI is InChI=1S/C21H23ClN2O4/c22-17-3-1-2-16(12-17)21(8-10-27-11-9-21)14-24-19(25)13-28-18-6-4-15(5-7-18)20(23)26/h1-7,12H,8-11,13-14H2,(H2,23,26)(H,24,25). The molecular weight excluding hydrogens is 380 g/mol. The first kappa shape index (κ1) is 20.2. The molecule has 1 heterocycles. The molecule has 6 nitrogen and oxygen atoms in total. The van der Waals surface area contributed by atoms with Gasteiger partial charge >= 0.3 is 0 Å². The van der Waals surface area contributed by atoms with E-state index < -0.39 is 5.91 Å². The molecule has 2 aromatic rings. The molecule has 3 N–H and O–H groups in total. The van der Waals surface area contributed by atoms with Gasteiger partial charge in [-0.25, -0.2) is 0 Å². The lowest BCUT2D eigenvalue weighted by Crippen LogP contribution is -2.45. The molecule has 1 fully saturated rings. The average molecular weight is 403 g/mol. The van der Waals surface area contributed by atoms with Crippen molar-refractivity contribution in [3.63, 3.8) is 0 Å². The highest BCUT2D eigenvalue weighted by molar-refractivity contribution is 6.30. The zero-order valence-corrected chi connectivity index (χ0v) is 16.2. The first-order valence-electron chi connectivity index (χ1n) is 9.12. The summed E-state index contributed by atoms with van der Waals surface area (Å²) in [6.45, 7) is 1.66. The third kappa shape index (κ3) is 5.03. The van der Waals surface area contributed by atoms with E-state index in [9.17, 15) is 9.59 Å². The molecule has 0 spiro atoms. The molecule has 0 radical (unpaired) electrons. The van der Waals surface area contributed by atoms with E-state index in [1.165, 1.54) is 0 Å². The number of carbonyl (C=O) groups is 2. The molecule has 3 rings (SSSR count). The molecule has 2 amide bonds. The van der Waals surface area contributed by atoms with E-state index in [-0.39, 0.29) is 17.9 Å². The maximum Gasteiger partial charge on any atom is 0.257 e. The Kier molecular flexibility index (Phi) is 6.54. The van der Waals surface area contributed by atoms with E-state index in [1.54, 1.807) is 24.3 Å². The summed E-state index contributed by atoms with van der Waals surface area (Å²) in [7, 11) is 0. The largest absolute Gasteiger partial charge is 0.484 e. The Labute approximate surface area is 169 Å². The topological polar surface area (TPSA) is 90.7 Å². The fourth-order valence-corrected chi connectivity index (χ4v) is 3.52. The number of nitrogens with one attached hydrogen (secondary N) is 1. The second-order valence-corrected chi connectivity index (χ2v) is 7.29. The van der Waals surface area contributed by atoms with E-state index in [1.807, 2.05) is 24.3 Å². The number of rotatable bonds is 7. The van der Waals surface area contributed by atoms with Crippen LogP contribution in [0.15, 0.2) is 48.5 Å². The van der Waals surface area contributed by atoms with Crippen molar-refractivity contribution < 1.29 is 19.1 Å². The lowest BCUT2D eigenvalue weighted by Gasteiger charge is -2.38. The molecule has 2 aromatic carbocycles. The number of hydrogen-bond donors (Lipinski definition) is 2. The van der Waals surface area contributed by atoms with Crippen LogP contribution in [0.25, 0.3) is 0 Å². The highest BCUT2D eigenvalue weighted by atomic mass is 35.5. The van der Waals surface area contributed by atoms with Crippen molar-refractivity contribution in [2.24, 2.45) is 5.73 Å². The molecule has 1 saturated heterocycles. The van der Waals surface area contributed by atoms with Gasteiger partial charge in [-0.15, -0.1) is 0 Å². The molecule has 1 aliphatic heterocycles. The van der Waals surface area contributed by atoms with Crippen LogP contribution in [0.5, 0.6) is 5.75 Å². The molecule has 0 aliphatic carbocycles. The molecule has 148 valence electrons. The van der Waals surface area contributed by atoms with Crippen LogP contribution in [0.3, 0.4) is 0 Å². The van der Waals surface area contributed by atoms with Crippen molar-refractivity contribution >= 4 is 23.4 Å². The third-order valence-electron chi connectivity index (χ3n) is 5.02. The summed E-state index contributed by atoms with van der Waals surface area (Å²) >= 11 is 6.17. The zero-order valence-electron chi connectivity index (χ0n) is 15.4. The Morgan fingerprint density at radius 3 is 2.50 bits per heavy atom. The lowest BCUT2D eigenvalue weighted by molar-refractivity contribution is -0.123. The van der Waals surface area contributed by atoms with Crippen molar-refractivity contribution in [3.05, 3.63) is 64.7 Å². The van der Waals surface area contributed by atoms with E-state index >= 15 is 0 Å². The molecule has 0 atom stereocenters. The van der Waals surface area contributed by atoms with Gasteiger partial charge in [0.15, 0.2) is 6.61 Å². The van der Waals surface area contributed by atoms with Crippen molar-refractivity contribution in [1.29, 1.82) is 0 Å². The molecule has 0 saturated carbocycles. The molecule has 1 aliphatic rings. The van der Waals surface area contributed by atoms with Crippen LogP contribution in [0.2, 0.25) is 5.02 Å². The molecular formula is C21H23ClN2O4. The Hall–Kier alpha value is -2.57. The van der Waals surface area contributed by atoms with Crippen molar-refractivity contribution in [3.8, 4) is 5.75 Å². The number of carbonyl (C=O) groups excluding carboxylic acids is 2. The minimum atomic E-state index is -0.507. The third-order valence-corrected chi connectivity index (χ3v) is 5.25. The Morgan fingerprint density at radius 1 is 1.14 bits per heavy atom. The van der Waals surface area contributed by atoms with Gasteiger partial charge in [-0.3, -0.25) is 9.59 Å². The van der Waals surface area contributed by atoms with Crippen LogP contribution in [0.1, 0.15) is 28.8 Å². The zero-order chi connectivity index (χ0) is 20.0. The first-order valence-corrected chi connectivity index (χ1v) is 9.49. The molecule has 28 heavy (non-hydrogen) atoms. The van der Waals surface area contributed by atoms with E-state index in [0.717, 1.165) is 18.4 Å². The van der Waals surface area contributed by atoms with Gasteiger partial charge in [-0.1, -0.05) is 23.7 Å². The van der Waals surface area contributed by atoms with Crippen LogP contribution in [0.4, 0.5) is 0 Å². The van der Waals surface area contributed by atoms with Gasteiger partial charge < -0.3 is 20.5 Å². The van der Waals surface area contributed by atoms with Crippen LogP contribution in [0, 0.1) is 0 Å². The summed E-state index contributed by atoms with van der Waals surface area (Å²) in [5.74, 6) is -0.227. The number of ether oxygens (including phenoxy) is 2. The second-order valence-electron chi connectivity index (χ2n) is 6.86. The average Bonchev–Trinajstić information content (AvgIpc) is 2.72. The molecule has 0 aromatic heterocycles. The fraction of sp³-hybridized carbons (Fsp3) is 0.333. The van der Waals surface area contributed by atoms with Crippen LogP contribution in [-0.2, 0) is 14.9 Å². The normalized spacial score (nSPS) is 15.6. The van der Waals surface area contributed by atoms with Gasteiger partial charge in [0.2, 0.25) is 5.91 Å². The van der Waals surface area contributed by atoms with Crippen molar-refractivity contribution in [2.45, 2.75) is 18.3 Å². The first-order chi connectivity index (χ1) is 13.5. The predicted molar refractivity (Wildman–Crippen MR) is 107 cm³/mol. The van der Waals surface area contributed by atoms with Crippen LogP contribution in [-0.4, -0.2) is 38.2 Å². The molecule has 0 unspecified atom stereocenters. The predicted octanol–water partition coefficient (Wildman–Crippen LogP) is 2.68. The number of hydrogen-bond acceptors (Lipinski definition) is 4. The number of amides is 2. The molecule has 0 bridgehead atoms. The maximum atomic E-state index is 12.3. The Morgan fingerprint density at radius 2 is 1.86 bits per heavy atom. The highest BCUT2D eigenvalue weighted by Crippen LogP contribution is 2.35.